The number of ether oxygens (including phenoxy) is 1. The summed E-state index contributed by atoms with van der Waals surface area (Å²) in [7, 11) is 1.59. The number of aryl methyl sites for hydroxylation is 1. The Kier molecular flexibility index (Phi) is 6.05. The second-order valence-corrected chi connectivity index (χ2v) is 9.15. The zero-order valence-electron chi connectivity index (χ0n) is 19.6. The van der Waals surface area contributed by atoms with Crippen LogP contribution in [0.3, 0.4) is 0 Å². The molecule has 0 aliphatic heterocycles. The molecule has 2 heterocycles. The molecule has 2 aromatic heterocycles. The molecule has 176 valence electrons. The van der Waals surface area contributed by atoms with Crippen LogP contribution < -0.4 is 15.6 Å². The Morgan fingerprint density at radius 3 is 2.60 bits per heavy atom. The SMILES string of the molecule is COc1ccc(-n2c(SCC(=O)Nc3cccc(C)c3C)nc3c([nH]c4ccccc43)c2=O)cc1. The minimum absolute atomic E-state index is 0.101. The summed E-state index contributed by atoms with van der Waals surface area (Å²) in [5, 5.41) is 4.28. The Morgan fingerprint density at radius 1 is 1.06 bits per heavy atom. The third-order valence-corrected chi connectivity index (χ3v) is 6.97. The highest BCUT2D eigenvalue weighted by Crippen LogP contribution is 2.27. The molecule has 0 saturated carbocycles. The van der Waals surface area contributed by atoms with Crippen LogP contribution in [0, 0.1) is 13.8 Å². The molecule has 0 fully saturated rings. The molecule has 2 N–H and O–H groups in total. The van der Waals surface area contributed by atoms with Gasteiger partial charge in [0.15, 0.2) is 5.16 Å². The topological polar surface area (TPSA) is 89.0 Å². The van der Waals surface area contributed by atoms with Crippen molar-refractivity contribution < 1.29 is 9.53 Å². The molecule has 0 atom stereocenters. The fourth-order valence-electron chi connectivity index (χ4n) is 4.00. The van der Waals surface area contributed by atoms with E-state index in [2.05, 4.69) is 10.3 Å². The highest BCUT2D eigenvalue weighted by molar-refractivity contribution is 7.99. The van der Waals surface area contributed by atoms with E-state index >= 15 is 0 Å². The number of carbonyl (C=O) groups excluding carboxylic acids is 1. The minimum Gasteiger partial charge on any atom is -0.497 e. The number of fused-ring (bicyclic) bond motifs is 3. The maximum Gasteiger partial charge on any atom is 0.283 e. The summed E-state index contributed by atoms with van der Waals surface area (Å²) in [5.74, 6) is 0.617. The Labute approximate surface area is 206 Å². The third kappa shape index (κ3) is 4.28. The number of para-hydroxylation sites is 1. The van der Waals surface area contributed by atoms with E-state index in [1.54, 1.807) is 31.4 Å². The quantitative estimate of drug-likeness (QED) is 0.255. The fourth-order valence-corrected chi connectivity index (χ4v) is 4.81. The van der Waals surface area contributed by atoms with Gasteiger partial charge in [-0.2, -0.15) is 0 Å². The number of aromatic amines is 1. The average Bonchev–Trinajstić information content (AvgIpc) is 3.25. The number of nitrogens with zero attached hydrogens (tertiary/aromatic N) is 2. The Bertz CT molecular complexity index is 1620. The van der Waals surface area contributed by atoms with Gasteiger partial charge in [-0.05, 0) is 61.4 Å². The number of hydrogen-bond acceptors (Lipinski definition) is 5. The second kappa shape index (κ2) is 9.31. The van der Waals surface area contributed by atoms with E-state index in [9.17, 15) is 9.59 Å². The first kappa shape index (κ1) is 22.7. The molecular formula is C27H24N4O3S. The number of nitrogens with one attached hydrogen (secondary N) is 2. The van der Waals surface area contributed by atoms with Crippen LogP contribution in [0.25, 0.3) is 27.6 Å². The van der Waals surface area contributed by atoms with Crippen LogP contribution in [-0.4, -0.2) is 33.3 Å². The lowest BCUT2D eigenvalue weighted by Crippen LogP contribution is -2.23. The number of aromatic nitrogens is 3. The first-order valence-electron chi connectivity index (χ1n) is 11.1. The molecule has 0 aliphatic rings. The zero-order chi connectivity index (χ0) is 24.5. The molecule has 0 unspecified atom stereocenters. The normalized spacial score (nSPS) is 11.2. The van der Waals surface area contributed by atoms with Crippen LogP contribution in [-0.2, 0) is 4.79 Å². The van der Waals surface area contributed by atoms with Crippen molar-refractivity contribution >= 4 is 45.3 Å². The van der Waals surface area contributed by atoms with E-state index in [0.717, 1.165) is 27.7 Å². The molecule has 35 heavy (non-hydrogen) atoms. The number of H-pyrrole nitrogens is 1. The van der Waals surface area contributed by atoms with Gasteiger partial charge in [-0.1, -0.05) is 42.1 Å². The Morgan fingerprint density at radius 2 is 1.83 bits per heavy atom. The van der Waals surface area contributed by atoms with Gasteiger partial charge in [0.2, 0.25) is 5.91 Å². The molecule has 3 aromatic carbocycles. The number of rotatable bonds is 6. The van der Waals surface area contributed by atoms with Crippen molar-refractivity contribution in [2.75, 3.05) is 18.2 Å². The molecule has 0 radical (unpaired) electrons. The molecule has 0 saturated heterocycles. The first-order chi connectivity index (χ1) is 17.0. The minimum atomic E-state index is -0.228. The lowest BCUT2D eigenvalue weighted by Gasteiger charge is -2.13. The van der Waals surface area contributed by atoms with Gasteiger partial charge in [0.1, 0.15) is 16.8 Å². The van der Waals surface area contributed by atoms with E-state index < -0.39 is 0 Å². The Hall–Kier alpha value is -4.04. The van der Waals surface area contributed by atoms with Gasteiger partial charge in [0.25, 0.3) is 5.56 Å². The predicted molar refractivity (Wildman–Crippen MR) is 141 cm³/mol. The molecule has 8 heteroatoms. The van der Waals surface area contributed by atoms with Gasteiger partial charge in [-0.3, -0.25) is 14.2 Å². The second-order valence-electron chi connectivity index (χ2n) is 8.21. The predicted octanol–water partition coefficient (Wildman–Crippen LogP) is 5.22. The lowest BCUT2D eigenvalue weighted by molar-refractivity contribution is -0.113. The van der Waals surface area contributed by atoms with Crippen LogP contribution in [0.15, 0.2) is 76.7 Å². The van der Waals surface area contributed by atoms with Crippen molar-refractivity contribution in [3.63, 3.8) is 0 Å². The van der Waals surface area contributed by atoms with Crippen molar-refractivity contribution in [2.45, 2.75) is 19.0 Å². The number of thioether (sulfide) groups is 1. The molecule has 0 bridgehead atoms. The van der Waals surface area contributed by atoms with Gasteiger partial charge < -0.3 is 15.0 Å². The van der Waals surface area contributed by atoms with Crippen molar-refractivity contribution in [1.29, 1.82) is 0 Å². The molecule has 0 spiro atoms. The van der Waals surface area contributed by atoms with Crippen LogP contribution in [0.1, 0.15) is 11.1 Å². The summed E-state index contributed by atoms with van der Waals surface area (Å²) in [4.78, 5) is 34.5. The van der Waals surface area contributed by atoms with Crippen molar-refractivity contribution in [2.24, 2.45) is 0 Å². The largest absolute Gasteiger partial charge is 0.497 e. The summed E-state index contributed by atoms with van der Waals surface area (Å²) in [5.41, 5.74) is 5.18. The summed E-state index contributed by atoms with van der Waals surface area (Å²) in [6.07, 6.45) is 0. The van der Waals surface area contributed by atoms with Gasteiger partial charge in [-0.25, -0.2) is 4.98 Å². The monoisotopic (exact) mass is 484 g/mol. The standard InChI is InChI=1S/C27H24N4O3S/c1-16-7-6-10-21(17(16)2)28-23(32)15-35-27-30-24-20-8-4-5-9-22(20)29-25(24)26(33)31(27)18-11-13-19(34-3)14-12-18/h4-14,29H,15H2,1-3H3,(H,28,32). The first-order valence-corrected chi connectivity index (χ1v) is 12.1. The lowest BCUT2D eigenvalue weighted by atomic mass is 10.1. The maximum atomic E-state index is 13.6. The van der Waals surface area contributed by atoms with Crippen molar-refractivity contribution in [3.05, 3.63) is 88.2 Å². The smallest absolute Gasteiger partial charge is 0.283 e. The van der Waals surface area contributed by atoms with Gasteiger partial charge >= 0.3 is 0 Å². The summed E-state index contributed by atoms with van der Waals surface area (Å²) < 4.78 is 6.80. The van der Waals surface area contributed by atoms with E-state index in [-0.39, 0.29) is 17.2 Å². The van der Waals surface area contributed by atoms with Crippen LogP contribution in [0.2, 0.25) is 0 Å². The molecule has 5 aromatic rings. The number of methoxy groups -OCH3 is 1. The zero-order valence-corrected chi connectivity index (χ0v) is 20.4. The number of hydrogen-bond donors (Lipinski definition) is 2. The molecule has 7 nitrogen and oxygen atoms in total. The number of carbonyl (C=O) groups is 1. The van der Waals surface area contributed by atoms with E-state index in [0.29, 0.717) is 27.6 Å². The molecule has 5 rings (SSSR count). The molecular weight excluding hydrogens is 460 g/mol. The summed E-state index contributed by atoms with van der Waals surface area (Å²) >= 11 is 1.22. The summed E-state index contributed by atoms with van der Waals surface area (Å²) in [6, 6.07) is 20.7. The summed E-state index contributed by atoms with van der Waals surface area (Å²) in [6.45, 7) is 3.99. The number of anilines is 1. The highest BCUT2D eigenvalue weighted by atomic mass is 32.2. The Balaban J connectivity index is 1.55. The third-order valence-electron chi connectivity index (χ3n) is 6.04. The van der Waals surface area contributed by atoms with E-state index in [4.69, 9.17) is 9.72 Å². The van der Waals surface area contributed by atoms with Gasteiger partial charge in [0, 0.05) is 16.6 Å². The van der Waals surface area contributed by atoms with Crippen molar-refractivity contribution in [3.8, 4) is 11.4 Å². The molecule has 0 aliphatic carbocycles. The fraction of sp³-hybridized carbons (Fsp3) is 0.148. The highest BCUT2D eigenvalue weighted by Gasteiger charge is 2.18. The van der Waals surface area contributed by atoms with Crippen LogP contribution in [0.5, 0.6) is 5.75 Å². The van der Waals surface area contributed by atoms with Crippen LogP contribution in [0.4, 0.5) is 5.69 Å². The number of amides is 1. The van der Waals surface area contributed by atoms with E-state index in [1.165, 1.54) is 16.3 Å². The van der Waals surface area contributed by atoms with Gasteiger partial charge in [0.05, 0.1) is 18.6 Å². The van der Waals surface area contributed by atoms with Crippen molar-refractivity contribution in [1.82, 2.24) is 14.5 Å². The van der Waals surface area contributed by atoms with Crippen LogP contribution >= 0.6 is 11.8 Å². The average molecular weight is 485 g/mol. The number of benzene rings is 3. The maximum absolute atomic E-state index is 13.6. The molecule has 1 amide bonds. The van der Waals surface area contributed by atoms with E-state index in [1.807, 2.05) is 56.3 Å². The van der Waals surface area contributed by atoms with Gasteiger partial charge in [-0.15, -0.1) is 0 Å².